The third-order valence-corrected chi connectivity index (χ3v) is 8.50. The number of rotatable bonds is 5. The molecule has 34 heavy (non-hydrogen) atoms. The van der Waals surface area contributed by atoms with Gasteiger partial charge in [0.05, 0.1) is 16.6 Å². The summed E-state index contributed by atoms with van der Waals surface area (Å²) in [6, 6.07) is 13.7. The van der Waals surface area contributed by atoms with Crippen molar-refractivity contribution in [2.24, 2.45) is 0 Å². The highest BCUT2D eigenvalue weighted by molar-refractivity contribution is 7.92. The summed E-state index contributed by atoms with van der Waals surface area (Å²) in [6.07, 6.45) is 0.489. The highest BCUT2D eigenvalue weighted by Gasteiger charge is 2.36. The molecule has 1 amide bonds. The third-order valence-electron chi connectivity index (χ3n) is 6.56. The number of amides is 1. The van der Waals surface area contributed by atoms with Crippen LogP contribution in [-0.4, -0.2) is 20.4 Å². The quantitative estimate of drug-likeness (QED) is 0.533. The SMILES string of the molecule is Cc1cc(C)c(C(C)NC(=O)c2ccc3c(c2)CC(C)N3S(=O)(=O)c2ccc(F)cc2)cc1C. The summed E-state index contributed by atoms with van der Waals surface area (Å²) in [4.78, 5) is 13.1. The molecular weight excluding hydrogens is 451 g/mol. The van der Waals surface area contributed by atoms with Gasteiger partial charge in [-0.3, -0.25) is 9.10 Å². The Balaban J connectivity index is 1.58. The Hall–Kier alpha value is -3.19. The molecule has 1 aliphatic heterocycles. The van der Waals surface area contributed by atoms with Crippen LogP contribution in [0.2, 0.25) is 0 Å². The maximum absolute atomic E-state index is 13.3. The van der Waals surface area contributed by atoms with E-state index in [9.17, 15) is 17.6 Å². The van der Waals surface area contributed by atoms with Crippen molar-refractivity contribution in [3.05, 3.63) is 93.8 Å². The fraction of sp³-hybridized carbons (Fsp3) is 0.296. The number of nitrogens with one attached hydrogen (secondary N) is 1. The molecule has 7 heteroatoms. The van der Waals surface area contributed by atoms with E-state index in [2.05, 4.69) is 31.3 Å². The van der Waals surface area contributed by atoms with Crippen molar-refractivity contribution < 1.29 is 17.6 Å². The van der Waals surface area contributed by atoms with E-state index in [-0.39, 0.29) is 22.9 Å². The largest absolute Gasteiger partial charge is 0.346 e. The lowest BCUT2D eigenvalue weighted by Gasteiger charge is -2.24. The highest BCUT2D eigenvalue weighted by Crippen LogP contribution is 2.37. The number of carbonyl (C=O) groups excluding carboxylic acids is 1. The van der Waals surface area contributed by atoms with Crippen molar-refractivity contribution in [1.29, 1.82) is 0 Å². The molecule has 2 unspecified atom stereocenters. The summed E-state index contributed by atoms with van der Waals surface area (Å²) >= 11 is 0. The molecule has 0 radical (unpaired) electrons. The van der Waals surface area contributed by atoms with Crippen LogP contribution in [0.4, 0.5) is 10.1 Å². The van der Waals surface area contributed by atoms with Crippen LogP contribution in [0.15, 0.2) is 59.5 Å². The first-order chi connectivity index (χ1) is 16.0. The summed E-state index contributed by atoms with van der Waals surface area (Å²) in [6.45, 7) is 9.95. The molecule has 1 N–H and O–H groups in total. The fourth-order valence-electron chi connectivity index (χ4n) is 4.64. The van der Waals surface area contributed by atoms with Crippen LogP contribution in [0, 0.1) is 26.6 Å². The smallest absolute Gasteiger partial charge is 0.264 e. The monoisotopic (exact) mass is 480 g/mol. The van der Waals surface area contributed by atoms with Crippen LogP contribution in [0.25, 0.3) is 0 Å². The van der Waals surface area contributed by atoms with Crippen molar-refractivity contribution in [1.82, 2.24) is 5.32 Å². The van der Waals surface area contributed by atoms with Crippen molar-refractivity contribution in [2.75, 3.05) is 4.31 Å². The molecular formula is C27H29FN2O3S. The lowest BCUT2D eigenvalue weighted by Crippen LogP contribution is -2.35. The molecule has 178 valence electrons. The third kappa shape index (κ3) is 4.32. The normalized spacial score (nSPS) is 16.3. The molecule has 4 rings (SSSR count). The molecule has 3 aromatic carbocycles. The average Bonchev–Trinajstić information content (AvgIpc) is 3.12. The minimum atomic E-state index is -3.85. The summed E-state index contributed by atoms with van der Waals surface area (Å²) in [5.74, 6) is -0.699. The molecule has 5 nitrogen and oxygen atoms in total. The van der Waals surface area contributed by atoms with E-state index in [1.165, 1.54) is 27.6 Å². The van der Waals surface area contributed by atoms with Crippen molar-refractivity contribution in [3.8, 4) is 0 Å². The second-order valence-corrected chi connectivity index (χ2v) is 11.0. The van der Waals surface area contributed by atoms with Gasteiger partial charge in [0.1, 0.15) is 5.82 Å². The number of sulfonamides is 1. The van der Waals surface area contributed by atoms with Gasteiger partial charge in [-0.2, -0.15) is 0 Å². The molecule has 0 fully saturated rings. The summed E-state index contributed by atoms with van der Waals surface area (Å²) in [5.41, 5.74) is 6.42. The van der Waals surface area contributed by atoms with Gasteiger partial charge < -0.3 is 5.32 Å². The van der Waals surface area contributed by atoms with Crippen molar-refractivity contribution in [3.63, 3.8) is 0 Å². The first kappa shape index (κ1) is 24.0. The molecule has 0 bridgehead atoms. The number of aryl methyl sites for hydroxylation is 3. The van der Waals surface area contributed by atoms with E-state index < -0.39 is 15.8 Å². The number of anilines is 1. The van der Waals surface area contributed by atoms with E-state index in [4.69, 9.17) is 0 Å². The minimum absolute atomic E-state index is 0.0352. The summed E-state index contributed by atoms with van der Waals surface area (Å²) in [7, 11) is -3.85. The zero-order valence-corrected chi connectivity index (χ0v) is 20.8. The number of hydrogen-bond donors (Lipinski definition) is 1. The van der Waals surface area contributed by atoms with Gasteiger partial charge in [-0.25, -0.2) is 12.8 Å². The Bertz CT molecular complexity index is 1370. The number of carbonyl (C=O) groups is 1. The van der Waals surface area contributed by atoms with Gasteiger partial charge in [-0.05, 0) is 111 Å². The van der Waals surface area contributed by atoms with Gasteiger partial charge in [-0.1, -0.05) is 12.1 Å². The number of benzene rings is 3. The Morgan fingerprint density at radius 3 is 2.32 bits per heavy atom. The number of hydrogen-bond acceptors (Lipinski definition) is 3. The van der Waals surface area contributed by atoms with Gasteiger partial charge >= 0.3 is 0 Å². The molecule has 0 saturated heterocycles. The fourth-order valence-corrected chi connectivity index (χ4v) is 6.33. The Morgan fingerprint density at radius 1 is 1.00 bits per heavy atom. The average molecular weight is 481 g/mol. The predicted molar refractivity (Wildman–Crippen MR) is 132 cm³/mol. The zero-order chi connectivity index (χ0) is 24.8. The zero-order valence-electron chi connectivity index (χ0n) is 20.0. The second kappa shape index (κ2) is 8.87. The van der Waals surface area contributed by atoms with Gasteiger partial charge in [0.15, 0.2) is 0 Å². The van der Waals surface area contributed by atoms with Crippen LogP contribution in [0.5, 0.6) is 0 Å². The second-order valence-electron chi connectivity index (χ2n) is 9.14. The Morgan fingerprint density at radius 2 is 1.65 bits per heavy atom. The molecule has 1 heterocycles. The lowest BCUT2D eigenvalue weighted by atomic mass is 9.96. The van der Waals surface area contributed by atoms with Crippen LogP contribution in [-0.2, 0) is 16.4 Å². The van der Waals surface area contributed by atoms with E-state index in [1.54, 1.807) is 18.2 Å². The Kier molecular flexibility index (Phi) is 6.25. The van der Waals surface area contributed by atoms with Gasteiger partial charge in [0.2, 0.25) is 0 Å². The van der Waals surface area contributed by atoms with Crippen molar-refractivity contribution in [2.45, 2.75) is 58.0 Å². The number of fused-ring (bicyclic) bond motifs is 1. The van der Waals surface area contributed by atoms with E-state index in [0.717, 1.165) is 28.8 Å². The first-order valence-corrected chi connectivity index (χ1v) is 12.7. The van der Waals surface area contributed by atoms with Gasteiger partial charge in [-0.15, -0.1) is 0 Å². The highest BCUT2D eigenvalue weighted by atomic mass is 32.2. The van der Waals surface area contributed by atoms with Gasteiger partial charge in [0.25, 0.3) is 15.9 Å². The minimum Gasteiger partial charge on any atom is -0.346 e. The molecule has 0 saturated carbocycles. The van der Waals surface area contributed by atoms with Crippen LogP contribution >= 0.6 is 0 Å². The van der Waals surface area contributed by atoms with E-state index in [0.29, 0.717) is 17.7 Å². The molecule has 2 atom stereocenters. The van der Waals surface area contributed by atoms with Gasteiger partial charge in [0, 0.05) is 11.6 Å². The summed E-state index contributed by atoms with van der Waals surface area (Å²) in [5, 5.41) is 3.07. The maximum Gasteiger partial charge on any atom is 0.264 e. The number of halogens is 1. The van der Waals surface area contributed by atoms with Crippen LogP contribution < -0.4 is 9.62 Å². The van der Waals surface area contributed by atoms with Crippen LogP contribution in [0.1, 0.15) is 58.1 Å². The topological polar surface area (TPSA) is 66.5 Å². The standard InChI is InChI=1S/C27H29FN2O3S/c1-16-12-18(3)25(13-17(16)2)20(5)29-27(31)21-6-11-26-22(15-21)14-19(4)30(26)34(32,33)24-9-7-23(28)8-10-24/h6-13,15,19-20H,14H2,1-5H3,(H,29,31). The molecule has 0 spiro atoms. The molecule has 0 aromatic heterocycles. The molecule has 0 aliphatic carbocycles. The molecule has 1 aliphatic rings. The molecule has 3 aromatic rings. The van der Waals surface area contributed by atoms with E-state index in [1.807, 2.05) is 20.8 Å². The van der Waals surface area contributed by atoms with Crippen molar-refractivity contribution >= 4 is 21.6 Å². The predicted octanol–water partition coefficient (Wildman–Crippen LogP) is 5.38. The lowest BCUT2D eigenvalue weighted by molar-refractivity contribution is 0.0939. The first-order valence-electron chi connectivity index (χ1n) is 11.3. The Labute approximate surface area is 200 Å². The van der Waals surface area contributed by atoms with Crippen LogP contribution in [0.3, 0.4) is 0 Å². The number of nitrogens with zero attached hydrogens (tertiary/aromatic N) is 1. The summed E-state index contributed by atoms with van der Waals surface area (Å²) < 4.78 is 41.2. The van der Waals surface area contributed by atoms with E-state index >= 15 is 0 Å². The maximum atomic E-state index is 13.3.